The van der Waals surface area contributed by atoms with Crippen molar-refractivity contribution in [2.75, 3.05) is 5.75 Å². The van der Waals surface area contributed by atoms with Crippen LogP contribution in [0.5, 0.6) is 0 Å². The molecule has 1 saturated heterocycles. The van der Waals surface area contributed by atoms with Crippen LogP contribution in [0.2, 0.25) is 0 Å². The monoisotopic (exact) mass is 651 g/mol. The molecule has 26 heteroatoms. The Kier molecular flexibility index (Phi) is 9.21. The Morgan fingerprint density at radius 2 is 0.949 bits per heavy atom. The minimum Gasteiger partial charge on any atom is -0.550 e. The number of nitrogens with zero attached hydrogens (tertiary/aromatic N) is 1. The molecule has 0 N–H and O–H groups in total. The number of ether oxygens (including phenoxy) is 1. The van der Waals surface area contributed by atoms with E-state index in [0.717, 1.165) is 0 Å². The zero-order valence-corrected chi connectivity index (χ0v) is 17.9. The summed E-state index contributed by atoms with van der Waals surface area (Å²) >= 11 is 3.64. The van der Waals surface area contributed by atoms with Gasteiger partial charge in [0.25, 0.3) is 0 Å². The molecule has 0 aromatic rings. The number of carboxylic acids is 1. The molecule has 1 fully saturated rings. The second kappa shape index (κ2) is 9.74. The smallest absolute Gasteiger partial charge is 0.550 e. The summed E-state index contributed by atoms with van der Waals surface area (Å²) < 4.78 is 254. The third kappa shape index (κ3) is 4.76. The summed E-state index contributed by atoms with van der Waals surface area (Å²) in [5, 5.41) is 9.44. The summed E-state index contributed by atoms with van der Waals surface area (Å²) in [6, 6.07) is -16.9. The standard InChI is InChI=1S/C10F20NO2.C3H6O2S/c11-3(12)4(13,14)9(26,27)31(30,10(28,29)5(3,15)16)1(32)33-2(6(17,18)19,7(20,21)22)8(23,24)25;4-3(5)1-2-6/h;6H,1-2H2,(H,4,5)/q+1;/p-1. The highest BCUT2D eigenvalue weighted by Crippen LogP contribution is 2.69. The molecule has 0 aromatic carbocycles. The lowest BCUT2D eigenvalue weighted by atomic mass is 9.93. The zero-order chi connectivity index (χ0) is 32.3. The van der Waals surface area contributed by atoms with Crippen molar-refractivity contribution in [2.45, 2.75) is 60.4 Å². The highest BCUT2D eigenvalue weighted by Gasteiger charge is 3.08. The summed E-state index contributed by atoms with van der Waals surface area (Å²) in [7, 11) is 0. The number of halogens is 20. The van der Waals surface area contributed by atoms with Gasteiger partial charge in [-0.05, 0) is 12.2 Å². The lowest BCUT2D eigenvalue weighted by molar-refractivity contribution is -1.15. The number of piperidine rings is 1. The van der Waals surface area contributed by atoms with Crippen LogP contribution in [0.25, 0.3) is 0 Å². The first-order valence-corrected chi connectivity index (χ1v) is 9.00. The van der Waals surface area contributed by atoms with Gasteiger partial charge in [-0.25, -0.2) is 0 Å². The van der Waals surface area contributed by atoms with Crippen LogP contribution in [-0.4, -0.2) is 76.5 Å². The fourth-order valence-electron chi connectivity index (χ4n) is 2.31. The molecule has 0 bridgehead atoms. The van der Waals surface area contributed by atoms with Crippen molar-refractivity contribution in [3.05, 3.63) is 0 Å². The quantitative estimate of drug-likeness (QED) is 0.192. The van der Waals surface area contributed by atoms with Crippen LogP contribution in [-0.2, 0) is 9.53 Å². The zero-order valence-electron chi connectivity index (χ0n) is 17.0. The van der Waals surface area contributed by atoms with E-state index in [1.54, 1.807) is 0 Å². The van der Waals surface area contributed by atoms with Gasteiger partial charge in [0.1, 0.15) is 4.71 Å². The predicted molar refractivity (Wildman–Crippen MR) is 77.0 cm³/mol. The van der Waals surface area contributed by atoms with E-state index in [1.165, 1.54) is 4.74 Å². The molecule has 0 aromatic heterocycles. The first-order valence-electron chi connectivity index (χ1n) is 8.37. The lowest BCUT2D eigenvalue weighted by Crippen LogP contribution is -2.88. The first-order chi connectivity index (χ1) is 16.6. The van der Waals surface area contributed by atoms with Crippen molar-refractivity contribution in [1.82, 2.24) is 0 Å². The number of amides is 1. The van der Waals surface area contributed by atoms with Gasteiger partial charge in [-0.3, -0.25) is 0 Å². The number of carbonyl (C=O) groups excluding carboxylic acids is 2. The third-order valence-electron chi connectivity index (χ3n) is 4.32. The van der Waals surface area contributed by atoms with Crippen LogP contribution < -0.4 is 5.11 Å². The summed E-state index contributed by atoms with van der Waals surface area (Å²) in [6.45, 7) is 0. The number of thiol groups is 1. The van der Waals surface area contributed by atoms with Gasteiger partial charge >= 0.3 is 60.1 Å². The van der Waals surface area contributed by atoms with Crippen molar-refractivity contribution in [3.63, 3.8) is 0 Å². The molecule has 1 aliphatic rings. The Labute approximate surface area is 204 Å². The van der Waals surface area contributed by atoms with Gasteiger partial charge in [-0.15, -0.1) is 17.6 Å². The highest BCUT2D eigenvalue weighted by atomic mass is 32.1. The van der Waals surface area contributed by atoms with E-state index in [4.69, 9.17) is 0 Å². The van der Waals surface area contributed by atoms with Crippen LogP contribution in [0.4, 0.5) is 92.7 Å². The Bertz CT molecular complexity index is 871. The van der Waals surface area contributed by atoms with Crippen LogP contribution in [0.3, 0.4) is 0 Å². The molecule has 0 saturated carbocycles. The maximum absolute atomic E-state index is 14.1. The van der Waals surface area contributed by atoms with Gasteiger partial charge in [0, 0.05) is 10.5 Å². The molecule has 0 atom stereocenters. The summed E-state index contributed by atoms with van der Waals surface area (Å²) in [5.41, 5.74) is -8.27. The average Bonchev–Trinajstić information content (AvgIpc) is 2.66. The second-order valence-corrected chi connectivity index (χ2v) is 7.23. The van der Waals surface area contributed by atoms with Crippen LogP contribution >= 0.6 is 12.6 Å². The van der Waals surface area contributed by atoms with E-state index in [9.17, 15) is 103 Å². The van der Waals surface area contributed by atoms with Crippen molar-refractivity contribution >= 4 is 24.7 Å². The van der Waals surface area contributed by atoms with E-state index in [1.807, 2.05) is 0 Å². The third-order valence-corrected chi connectivity index (χ3v) is 4.55. The fourth-order valence-corrected chi connectivity index (χ4v) is 2.49. The molecular weight excluding hydrogens is 646 g/mol. The SMILES string of the molecule is O=C(OC(C(F)(F)F)(C(F)(F)F)C(F)(F)F)[N+]1(F)C(F)(F)C(F)(F)C(F)(F)C(F)(F)C1(F)F.O=C([O-])CCS. The maximum atomic E-state index is 14.1. The molecule has 5 nitrogen and oxygen atoms in total. The van der Waals surface area contributed by atoms with Crippen LogP contribution in [0.1, 0.15) is 6.42 Å². The minimum atomic E-state index is -8.45. The summed E-state index contributed by atoms with van der Waals surface area (Å²) in [6.07, 6.45) is -30.2. The topological polar surface area (TPSA) is 66.4 Å². The molecular formula is C13H5F20NO4S. The van der Waals surface area contributed by atoms with Crippen LogP contribution in [0.15, 0.2) is 0 Å². The van der Waals surface area contributed by atoms with Gasteiger partial charge < -0.3 is 14.6 Å². The predicted octanol–water partition coefficient (Wildman–Crippen LogP) is 5.41. The van der Waals surface area contributed by atoms with E-state index in [2.05, 4.69) is 12.6 Å². The minimum absolute atomic E-state index is 0.0448. The van der Waals surface area contributed by atoms with Gasteiger partial charge in [0.05, 0.1) is 0 Å². The Balaban J connectivity index is 0.00000215. The molecule has 1 rings (SSSR count). The molecule has 39 heavy (non-hydrogen) atoms. The molecule has 232 valence electrons. The van der Waals surface area contributed by atoms with Gasteiger partial charge in [-0.2, -0.15) is 83.3 Å². The molecule has 0 unspecified atom stereocenters. The highest BCUT2D eigenvalue weighted by molar-refractivity contribution is 7.80. The van der Waals surface area contributed by atoms with Crippen molar-refractivity contribution in [2.24, 2.45) is 0 Å². The Morgan fingerprint density at radius 3 is 1.13 bits per heavy atom. The van der Waals surface area contributed by atoms with E-state index in [0.29, 0.717) is 5.75 Å². The van der Waals surface area contributed by atoms with Crippen LogP contribution in [0, 0.1) is 0 Å². The van der Waals surface area contributed by atoms with E-state index in [-0.39, 0.29) is 6.42 Å². The maximum Gasteiger partial charge on any atom is 0.568 e. The largest absolute Gasteiger partial charge is 0.568 e. The van der Waals surface area contributed by atoms with Crippen molar-refractivity contribution in [1.29, 1.82) is 0 Å². The van der Waals surface area contributed by atoms with Crippen molar-refractivity contribution < 1.29 is 112 Å². The summed E-state index contributed by atoms with van der Waals surface area (Å²) in [4.78, 5) is 20.5. The molecule has 1 aliphatic heterocycles. The number of likely N-dealkylation sites (tertiary alicyclic amines) is 1. The van der Waals surface area contributed by atoms with Gasteiger partial charge in [0.15, 0.2) is 0 Å². The molecule has 0 aliphatic carbocycles. The number of carboxylic acid groups (broad SMARTS) is 1. The lowest BCUT2D eigenvalue weighted by Gasteiger charge is -2.48. The summed E-state index contributed by atoms with van der Waals surface area (Å²) in [5.74, 6) is -25.3. The molecule has 0 radical (unpaired) electrons. The number of hydrogen-bond acceptors (Lipinski definition) is 5. The Morgan fingerprint density at radius 1 is 0.667 bits per heavy atom. The molecule has 0 spiro atoms. The number of alkyl halides is 19. The normalized spacial score (nSPS) is 23.2. The Hall–Kier alpha value is -2.15. The number of quaternary nitrogens is 1. The molecule has 1 heterocycles. The van der Waals surface area contributed by atoms with E-state index < -0.39 is 70.8 Å². The molecule has 1 amide bonds. The van der Waals surface area contributed by atoms with Gasteiger partial charge in [-0.1, -0.05) is 0 Å². The fraction of sp³-hybridized carbons (Fsp3) is 0.846. The van der Waals surface area contributed by atoms with E-state index >= 15 is 0 Å². The number of carbonyl (C=O) groups is 2. The number of hydrogen-bond donors (Lipinski definition) is 1. The van der Waals surface area contributed by atoms with Crippen molar-refractivity contribution in [3.8, 4) is 0 Å². The number of aliphatic carboxylic acids is 1. The number of rotatable bonds is 3. The second-order valence-electron chi connectivity index (χ2n) is 6.78. The first kappa shape index (κ1) is 36.8. The van der Waals surface area contributed by atoms with Gasteiger partial charge in [0.2, 0.25) is 0 Å². The average molecular weight is 651 g/mol.